The highest BCUT2D eigenvalue weighted by Crippen LogP contribution is 2.15. The molecule has 1 rings (SSSR count). The maximum atomic E-state index is 11.8. The number of aliphatic hydroxyl groups is 1. The van der Waals surface area contributed by atoms with Crippen LogP contribution in [0.2, 0.25) is 5.02 Å². The van der Waals surface area contributed by atoms with Crippen molar-refractivity contribution in [2.45, 2.75) is 17.4 Å². The molecule has 0 aromatic heterocycles. The Bertz CT molecular complexity index is 546. The highest BCUT2D eigenvalue weighted by Gasteiger charge is 2.18. The first-order valence-corrected chi connectivity index (χ1v) is 7.24. The van der Waals surface area contributed by atoms with Gasteiger partial charge in [-0.2, -0.15) is 0 Å². The van der Waals surface area contributed by atoms with Crippen molar-refractivity contribution in [3.8, 4) is 0 Å². The van der Waals surface area contributed by atoms with E-state index >= 15 is 0 Å². The maximum absolute atomic E-state index is 11.8. The molecule has 0 aliphatic heterocycles. The van der Waals surface area contributed by atoms with Crippen molar-refractivity contribution in [1.82, 2.24) is 4.72 Å². The molecule has 8 heteroatoms. The van der Waals surface area contributed by atoms with Crippen LogP contribution in [0.1, 0.15) is 6.42 Å². The zero-order chi connectivity index (χ0) is 14.5. The van der Waals surface area contributed by atoms with E-state index < -0.39 is 22.1 Å². The van der Waals surface area contributed by atoms with Gasteiger partial charge in [0.05, 0.1) is 12.0 Å². The molecule has 2 N–H and O–H groups in total. The van der Waals surface area contributed by atoms with Gasteiger partial charge in [0.1, 0.15) is 0 Å². The second-order valence-electron chi connectivity index (χ2n) is 3.68. The van der Waals surface area contributed by atoms with Crippen molar-refractivity contribution < 1.29 is 23.1 Å². The summed E-state index contributed by atoms with van der Waals surface area (Å²) in [6.07, 6.45) is -1.43. The third-order valence-electron chi connectivity index (χ3n) is 2.29. The minimum Gasteiger partial charge on any atom is -0.467 e. The van der Waals surface area contributed by atoms with Crippen LogP contribution in [-0.4, -0.2) is 39.3 Å². The maximum Gasteiger partial charge on any atom is 0.334 e. The van der Waals surface area contributed by atoms with Crippen molar-refractivity contribution >= 4 is 27.6 Å². The van der Waals surface area contributed by atoms with Gasteiger partial charge in [0, 0.05) is 11.6 Å². The Labute approximate surface area is 116 Å². The summed E-state index contributed by atoms with van der Waals surface area (Å²) in [5, 5.41) is 9.60. The highest BCUT2D eigenvalue weighted by atomic mass is 35.5. The van der Waals surface area contributed by atoms with Gasteiger partial charge in [0.25, 0.3) is 0 Å². The molecule has 0 amide bonds. The quantitative estimate of drug-likeness (QED) is 0.748. The number of esters is 1. The summed E-state index contributed by atoms with van der Waals surface area (Å²) in [5.41, 5.74) is 0. The van der Waals surface area contributed by atoms with Crippen LogP contribution in [0.4, 0.5) is 0 Å². The lowest BCUT2D eigenvalue weighted by molar-refractivity contribution is -0.150. The third kappa shape index (κ3) is 4.79. The molecule has 0 fully saturated rings. The molecule has 6 nitrogen and oxygen atoms in total. The summed E-state index contributed by atoms with van der Waals surface area (Å²) in [7, 11) is -2.57. The number of sulfonamides is 1. The van der Waals surface area contributed by atoms with Crippen molar-refractivity contribution in [3.05, 3.63) is 29.3 Å². The molecule has 0 spiro atoms. The molecular weight excluding hydrogens is 294 g/mol. The van der Waals surface area contributed by atoms with E-state index in [2.05, 4.69) is 9.46 Å². The van der Waals surface area contributed by atoms with Crippen molar-refractivity contribution in [2.75, 3.05) is 13.7 Å². The topological polar surface area (TPSA) is 92.7 Å². The van der Waals surface area contributed by atoms with E-state index in [1.165, 1.54) is 18.2 Å². The minimum absolute atomic E-state index is 0.0209. The van der Waals surface area contributed by atoms with Crippen LogP contribution in [-0.2, 0) is 19.6 Å². The SMILES string of the molecule is COC(=O)[C@@H](O)CCNS(=O)(=O)c1cccc(Cl)c1. The summed E-state index contributed by atoms with van der Waals surface area (Å²) < 4.78 is 30.2. The Kier molecular flexibility index (Phi) is 5.74. The van der Waals surface area contributed by atoms with Crippen LogP contribution in [0.15, 0.2) is 29.2 Å². The van der Waals surface area contributed by atoms with Crippen LogP contribution in [0.3, 0.4) is 0 Å². The van der Waals surface area contributed by atoms with E-state index in [-0.39, 0.29) is 17.9 Å². The molecule has 0 unspecified atom stereocenters. The Hall–Kier alpha value is -1.15. The molecule has 0 aliphatic carbocycles. The van der Waals surface area contributed by atoms with Crippen LogP contribution in [0.25, 0.3) is 0 Å². The lowest BCUT2D eigenvalue weighted by Crippen LogP contribution is -2.30. The lowest BCUT2D eigenvalue weighted by Gasteiger charge is -2.10. The fourth-order valence-electron chi connectivity index (χ4n) is 1.30. The first kappa shape index (κ1) is 15.9. The van der Waals surface area contributed by atoms with Gasteiger partial charge in [-0.1, -0.05) is 17.7 Å². The summed E-state index contributed by atoms with van der Waals surface area (Å²) in [6.45, 7) is -0.0921. The monoisotopic (exact) mass is 307 g/mol. The van der Waals surface area contributed by atoms with Gasteiger partial charge in [-0.15, -0.1) is 0 Å². The average Bonchev–Trinajstić information content (AvgIpc) is 2.37. The number of methoxy groups -OCH3 is 1. The number of ether oxygens (including phenoxy) is 1. The number of rotatable bonds is 6. The molecule has 19 heavy (non-hydrogen) atoms. The number of benzene rings is 1. The Morgan fingerprint density at radius 2 is 2.21 bits per heavy atom. The summed E-state index contributed by atoms with van der Waals surface area (Å²) in [4.78, 5) is 10.9. The molecule has 106 valence electrons. The van der Waals surface area contributed by atoms with Crippen LogP contribution >= 0.6 is 11.6 Å². The van der Waals surface area contributed by atoms with Gasteiger partial charge < -0.3 is 9.84 Å². The number of hydrogen-bond donors (Lipinski definition) is 2. The summed E-state index contributed by atoms with van der Waals surface area (Å²) >= 11 is 5.70. The normalized spacial score (nSPS) is 13.0. The number of halogens is 1. The van der Waals surface area contributed by atoms with Crippen LogP contribution in [0, 0.1) is 0 Å². The Morgan fingerprint density at radius 1 is 1.53 bits per heavy atom. The first-order chi connectivity index (χ1) is 8.86. The summed E-state index contributed by atoms with van der Waals surface area (Å²) in [6, 6.07) is 5.77. The zero-order valence-corrected chi connectivity index (χ0v) is 11.7. The molecular formula is C11H14ClNO5S. The van der Waals surface area contributed by atoms with Crippen molar-refractivity contribution in [2.24, 2.45) is 0 Å². The van der Waals surface area contributed by atoms with E-state index in [1.807, 2.05) is 0 Å². The van der Waals surface area contributed by atoms with Crippen LogP contribution < -0.4 is 4.72 Å². The van der Waals surface area contributed by atoms with E-state index in [0.717, 1.165) is 7.11 Å². The number of carbonyl (C=O) groups is 1. The Balaban J connectivity index is 2.59. The second-order valence-corrected chi connectivity index (χ2v) is 5.89. The lowest BCUT2D eigenvalue weighted by atomic mass is 10.2. The van der Waals surface area contributed by atoms with E-state index in [9.17, 15) is 18.3 Å². The average molecular weight is 308 g/mol. The predicted octanol–water partition coefficient (Wildman–Crippen LogP) is 0.542. The molecule has 0 saturated heterocycles. The molecule has 0 bridgehead atoms. The van der Waals surface area contributed by atoms with Gasteiger partial charge in [-0.05, 0) is 24.6 Å². The minimum atomic E-state index is -3.71. The van der Waals surface area contributed by atoms with Gasteiger partial charge in [0.15, 0.2) is 6.10 Å². The largest absolute Gasteiger partial charge is 0.467 e. The number of aliphatic hydroxyl groups excluding tert-OH is 1. The molecule has 1 aromatic rings. The fraction of sp³-hybridized carbons (Fsp3) is 0.364. The molecule has 0 radical (unpaired) electrons. The van der Waals surface area contributed by atoms with Gasteiger partial charge in [-0.25, -0.2) is 17.9 Å². The smallest absolute Gasteiger partial charge is 0.334 e. The standard InChI is InChI=1S/C11H14ClNO5S/c1-18-11(15)10(14)5-6-13-19(16,17)9-4-2-3-8(12)7-9/h2-4,7,10,13-14H,5-6H2,1H3/t10-/m0/s1. The first-order valence-electron chi connectivity index (χ1n) is 5.38. The van der Waals surface area contributed by atoms with Gasteiger partial charge >= 0.3 is 5.97 Å². The number of nitrogens with one attached hydrogen (secondary N) is 1. The Morgan fingerprint density at radius 3 is 2.79 bits per heavy atom. The molecule has 0 heterocycles. The zero-order valence-electron chi connectivity index (χ0n) is 10.2. The molecule has 1 atom stereocenters. The molecule has 1 aromatic carbocycles. The predicted molar refractivity (Wildman–Crippen MR) is 69.3 cm³/mol. The fourth-order valence-corrected chi connectivity index (χ4v) is 2.65. The van der Waals surface area contributed by atoms with Gasteiger partial charge in [-0.3, -0.25) is 0 Å². The van der Waals surface area contributed by atoms with E-state index in [1.54, 1.807) is 6.07 Å². The highest BCUT2D eigenvalue weighted by molar-refractivity contribution is 7.89. The number of hydrogen-bond acceptors (Lipinski definition) is 5. The van der Waals surface area contributed by atoms with Crippen molar-refractivity contribution in [1.29, 1.82) is 0 Å². The molecule has 0 saturated carbocycles. The second kappa shape index (κ2) is 6.85. The number of carbonyl (C=O) groups excluding carboxylic acids is 1. The molecule has 0 aliphatic rings. The third-order valence-corrected chi connectivity index (χ3v) is 3.98. The van der Waals surface area contributed by atoms with Crippen LogP contribution in [0.5, 0.6) is 0 Å². The van der Waals surface area contributed by atoms with E-state index in [4.69, 9.17) is 11.6 Å². The van der Waals surface area contributed by atoms with Crippen molar-refractivity contribution in [3.63, 3.8) is 0 Å². The van der Waals surface area contributed by atoms with E-state index in [0.29, 0.717) is 5.02 Å². The summed E-state index contributed by atoms with van der Waals surface area (Å²) in [5.74, 6) is -0.804. The van der Waals surface area contributed by atoms with Gasteiger partial charge in [0.2, 0.25) is 10.0 Å².